The molecule has 0 saturated carbocycles. The van der Waals surface area contributed by atoms with Gasteiger partial charge in [-0.3, -0.25) is 13.9 Å². The number of thioether (sulfide) groups is 1. The number of carbonyl (C=O) groups is 1. The summed E-state index contributed by atoms with van der Waals surface area (Å²) in [6, 6.07) is 0. The van der Waals surface area contributed by atoms with Gasteiger partial charge in [-0.25, -0.2) is 29.9 Å². The van der Waals surface area contributed by atoms with Gasteiger partial charge >= 0.3 is 0 Å². The number of anilines is 2. The molecule has 0 bridgehead atoms. The summed E-state index contributed by atoms with van der Waals surface area (Å²) >= 11 is 0.995. The van der Waals surface area contributed by atoms with Crippen LogP contribution in [0.2, 0.25) is 0 Å². The molecule has 19 nitrogen and oxygen atoms in total. The lowest BCUT2D eigenvalue weighted by Gasteiger charge is -2.19. The van der Waals surface area contributed by atoms with Gasteiger partial charge in [-0.15, -0.1) is 0 Å². The molecule has 6 rings (SSSR count). The van der Waals surface area contributed by atoms with Gasteiger partial charge < -0.3 is 52.4 Å². The Morgan fingerprint density at radius 3 is 2.24 bits per heavy atom. The van der Waals surface area contributed by atoms with E-state index >= 15 is 0 Å². The molecular weight excluding hydrogens is 576 g/mol. The first kappa shape index (κ1) is 28.4. The first-order chi connectivity index (χ1) is 20.2. The molecule has 224 valence electrons. The minimum absolute atomic E-state index is 0.0349. The van der Waals surface area contributed by atoms with Gasteiger partial charge in [0.1, 0.15) is 54.8 Å². The number of hydrogen-bond acceptors (Lipinski definition) is 17. The Balaban J connectivity index is 1.13. The van der Waals surface area contributed by atoms with Crippen molar-refractivity contribution < 1.29 is 34.7 Å². The highest BCUT2D eigenvalue weighted by molar-refractivity contribution is 7.99. The van der Waals surface area contributed by atoms with E-state index in [0.717, 1.165) is 11.8 Å². The highest BCUT2D eigenvalue weighted by atomic mass is 32.2. The van der Waals surface area contributed by atoms with Crippen molar-refractivity contribution in [3.63, 3.8) is 0 Å². The quantitative estimate of drug-likeness (QED) is 0.0895. The SMILES string of the molecule is NC[C@H]1O[C@@H](n2c(SCC(=O)NC[C@H]3O[C@@H](n4cnc5c(N)ncnc54)C(O)C3O)nc3c(N)ncnc32)C(O)C1O. The maximum atomic E-state index is 12.8. The topological polar surface area (TPSA) is 294 Å². The lowest BCUT2D eigenvalue weighted by Crippen LogP contribution is -2.40. The van der Waals surface area contributed by atoms with Crippen molar-refractivity contribution in [1.82, 2.24) is 44.4 Å². The van der Waals surface area contributed by atoms with E-state index in [1.807, 2.05) is 0 Å². The summed E-state index contributed by atoms with van der Waals surface area (Å²) in [5.74, 6) is -0.373. The predicted octanol–water partition coefficient (Wildman–Crippen LogP) is -3.76. The monoisotopic (exact) mass is 604 g/mol. The summed E-state index contributed by atoms with van der Waals surface area (Å²) in [5, 5.41) is 45.1. The molecule has 8 atom stereocenters. The second-order valence-corrected chi connectivity index (χ2v) is 10.6. The summed E-state index contributed by atoms with van der Waals surface area (Å²) in [7, 11) is 0. The van der Waals surface area contributed by atoms with Crippen molar-refractivity contribution in [3.8, 4) is 0 Å². The molecule has 0 spiro atoms. The Kier molecular flexibility index (Phi) is 7.53. The zero-order valence-electron chi connectivity index (χ0n) is 21.7. The number of imidazole rings is 2. The normalized spacial score (nSPS) is 29.5. The molecule has 2 saturated heterocycles. The molecule has 4 unspecified atom stereocenters. The van der Waals surface area contributed by atoms with Gasteiger partial charge in [0.2, 0.25) is 5.91 Å². The Hall–Kier alpha value is -3.76. The van der Waals surface area contributed by atoms with Crippen LogP contribution >= 0.6 is 11.8 Å². The third-order valence-corrected chi connectivity index (χ3v) is 8.08. The summed E-state index contributed by atoms with van der Waals surface area (Å²) in [5.41, 5.74) is 18.6. The number of carbonyl (C=O) groups excluding carboxylic acids is 1. The highest BCUT2D eigenvalue weighted by Gasteiger charge is 2.46. The van der Waals surface area contributed by atoms with Crippen molar-refractivity contribution in [2.24, 2.45) is 5.73 Å². The number of ether oxygens (including phenoxy) is 2. The Morgan fingerprint density at radius 2 is 1.52 bits per heavy atom. The van der Waals surface area contributed by atoms with Crippen molar-refractivity contribution in [2.75, 3.05) is 30.3 Å². The van der Waals surface area contributed by atoms with Gasteiger partial charge in [0.15, 0.2) is 46.1 Å². The van der Waals surface area contributed by atoms with Crippen LogP contribution in [0.1, 0.15) is 12.5 Å². The Morgan fingerprint density at radius 1 is 0.881 bits per heavy atom. The zero-order valence-corrected chi connectivity index (χ0v) is 22.5. The minimum Gasteiger partial charge on any atom is -0.387 e. The molecule has 0 aliphatic carbocycles. The molecule has 2 aliphatic rings. The van der Waals surface area contributed by atoms with E-state index in [0.29, 0.717) is 11.2 Å². The smallest absolute Gasteiger partial charge is 0.230 e. The number of nitrogens with one attached hydrogen (secondary N) is 1. The lowest BCUT2D eigenvalue weighted by molar-refractivity contribution is -0.119. The molecule has 20 heteroatoms. The summed E-state index contributed by atoms with van der Waals surface area (Å²) < 4.78 is 14.5. The zero-order chi connectivity index (χ0) is 29.7. The maximum Gasteiger partial charge on any atom is 0.230 e. The van der Waals surface area contributed by atoms with Gasteiger partial charge in [-0.05, 0) is 0 Å². The van der Waals surface area contributed by atoms with Crippen LogP contribution in [0.4, 0.5) is 11.6 Å². The molecule has 42 heavy (non-hydrogen) atoms. The number of fused-ring (bicyclic) bond motifs is 2. The molecule has 0 aromatic carbocycles. The van der Waals surface area contributed by atoms with E-state index in [1.165, 1.54) is 28.1 Å². The fourth-order valence-electron chi connectivity index (χ4n) is 4.95. The summed E-state index contributed by atoms with van der Waals surface area (Å²) in [4.78, 5) is 37.5. The van der Waals surface area contributed by atoms with Crippen LogP contribution in [0.3, 0.4) is 0 Å². The number of nitrogens with zero attached hydrogens (tertiary/aromatic N) is 8. The van der Waals surface area contributed by atoms with Gasteiger partial charge in [-0.2, -0.15) is 0 Å². The van der Waals surface area contributed by atoms with E-state index in [1.54, 1.807) is 0 Å². The van der Waals surface area contributed by atoms with Crippen LogP contribution < -0.4 is 22.5 Å². The van der Waals surface area contributed by atoms with E-state index in [-0.39, 0.29) is 46.8 Å². The standard InChI is InChI=1S/C22H28N12O7S/c23-1-7-12(36)15(39)21(40-7)34-19-11(17(25)28-5-30-19)32-22(34)42-3-9(35)26-2-8-13(37)14(38)20(41-8)33-6-31-10-16(24)27-4-29-18(10)33/h4-8,12-15,20-21,36-39H,1-3,23H2,(H,26,35)(H2,24,27,29)(H2,25,28,30)/t7-,8-,12?,13?,14?,15?,20-,21-/m1/s1. The Bertz CT molecular complexity index is 1620. The Labute approximate surface area is 240 Å². The average molecular weight is 605 g/mol. The number of hydrogen-bond donors (Lipinski definition) is 8. The molecule has 4 aromatic rings. The maximum absolute atomic E-state index is 12.8. The highest BCUT2D eigenvalue weighted by Crippen LogP contribution is 2.36. The molecule has 6 heterocycles. The van der Waals surface area contributed by atoms with Crippen LogP contribution in [0.25, 0.3) is 22.3 Å². The number of aromatic nitrogens is 8. The van der Waals surface area contributed by atoms with Crippen molar-refractivity contribution >= 4 is 51.6 Å². The first-order valence-corrected chi connectivity index (χ1v) is 13.7. The average Bonchev–Trinajstić information content (AvgIpc) is 3.72. The number of amides is 1. The number of nitrogen functional groups attached to an aromatic ring is 2. The van der Waals surface area contributed by atoms with Gasteiger partial charge in [0, 0.05) is 13.1 Å². The van der Waals surface area contributed by atoms with Crippen molar-refractivity contribution in [2.45, 2.75) is 54.2 Å². The van der Waals surface area contributed by atoms with E-state index in [4.69, 9.17) is 26.7 Å². The summed E-state index contributed by atoms with van der Waals surface area (Å²) in [6.07, 6.45) is -5.34. The predicted molar refractivity (Wildman–Crippen MR) is 144 cm³/mol. The lowest BCUT2D eigenvalue weighted by atomic mass is 10.1. The van der Waals surface area contributed by atoms with E-state index in [9.17, 15) is 25.2 Å². The van der Waals surface area contributed by atoms with Gasteiger partial charge in [0.05, 0.1) is 12.1 Å². The molecule has 0 radical (unpaired) electrons. The van der Waals surface area contributed by atoms with E-state index in [2.05, 4.69) is 35.2 Å². The molecule has 11 N–H and O–H groups in total. The molecule has 1 amide bonds. The van der Waals surface area contributed by atoms with Crippen molar-refractivity contribution in [3.05, 3.63) is 19.0 Å². The van der Waals surface area contributed by atoms with Gasteiger partial charge in [-0.1, -0.05) is 11.8 Å². The molecule has 2 aliphatic heterocycles. The van der Waals surface area contributed by atoms with Crippen LogP contribution in [0, 0.1) is 0 Å². The number of aliphatic hydroxyl groups is 4. The first-order valence-electron chi connectivity index (χ1n) is 12.7. The molecular formula is C22H28N12O7S. The second kappa shape index (κ2) is 11.1. The minimum atomic E-state index is -1.35. The van der Waals surface area contributed by atoms with Crippen LogP contribution in [-0.4, -0.2) is 121 Å². The third kappa shape index (κ3) is 4.76. The van der Waals surface area contributed by atoms with Crippen LogP contribution in [-0.2, 0) is 14.3 Å². The summed E-state index contributed by atoms with van der Waals surface area (Å²) in [6.45, 7) is -0.158. The fourth-order valence-corrected chi connectivity index (χ4v) is 5.80. The van der Waals surface area contributed by atoms with Crippen LogP contribution in [0.5, 0.6) is 0 Å². The third-order valence-electron chi connectivity index (χ3n) is 7.13. The molecule has 2 fully saturated rings. The number of aliphatic hydroxyl groups excluding tert-OH is 4. The van der Waals surface area contributed by atoms with Crippen molar-refractivity contribution in [1.29, 1.82) is 0 Å². The van der Waals surface area contributed by atoms with Gasteiger partial charge in [0.25, 0.3) is 0 Å². The number of rotatable bonds is 8. The van der Waals surface area contributed by atoms with E-state index < -0.39 is 55.0 Å². The fraction of sp³-hybridized carbons (Fsp3) is 0.500. The van der Waals surface area contributed by atoms with Crippen LogP contribution in [0.15, 0.2) is 24.1 Å². The second-order valence-electron chi connectivity index (χ2n) is 9.70. The largest absolute Gasteiger partial charge is 0.387 e. The molecule has 4 aromatic heterocycles. The number of nitrogens with two attached hydrogens (primary N) is 3.